The van der Waals surface area contributed by atoms with Crippen LogP contribution in [0.3, 0.4) is 0 Å². The van der Waals surface area contributed by atoms with Gasteiger partial charge >= 0.3 is 12.3 Å². The summed E-state index contributed by atoms with van der Waals surface area (Å²) in [5.41, 5.74) is 2.18. The van der Waals surface area contributed by atoms with Crippen molar-refractivity contribution in [2.45, 2.75) is 38.2 Å². The molecule has 1 aliphatic rings. The van der Waals surface area contributed by atoms with Crippen molar-refractivity contribution in [1.82, 2.24) is 5.32 Å². The Morgan fingerprint density at radius 2 is 1.78 bits per heavy atom. The topological polar surface area (TPSA) is 50.4 Å². The van der Waals surface area contributed by atoms with Crippen LogP contribution in [0.15, 0.2) is 54.6 Å². The van der Waals surface area contributed by atoms with Crippen molar-refractivity contribution in [2.24, 2.45) is 5.92 Å². The second kappa shape index (κ2) is 7.90. The number of halogens is 3. The van der Waals surface area contributed by atoms with Crippen LogP contribution >= 0.6 is 0 Å². The molecule has 0 bridgehead atoms. The summed E-state index contributed by atoms with van der Waals surface area (Å²) >= 11 is 0. The van der Waals surface area contributed by atoms with Crippen molar-refractivity contribution < 1.29 is 22.7 Å². The van der Waals surface area contributed by atoms with Crippen LogP contribution in [-0.2, 0) is 11.3 Å². The van der Waals surface area contributed by atoms with Crippen molar-refractivity contribution in [2.75, 3.05) is 5.32 Å². The summed E-state index contributed by atoms with van der Waals surface area (Å²) in [6.07, 6.45) is -5.92. The average molecular weight is 378 g/mol. The first-order chi connectivity index (χ1) is 12.8. The predicted octanol–water partition coefficient (Wildman–Crippen LogP) is 5.04. The molecule has 144 valence electrons. The van der Waals surface area contributed by atoms with Crippen LogP contribution in [0.1, 0.15) is 30.5 Å². The lowest BCUT2D eigenvalue weighted by molar-refractivity contribution is -0.140. The number of carbonyl (C=O) groups is 1. The van der Waals surface area contributed by atoms with Crippen molar-refractivity contribution >= 4 is 11.8 Å². The molecule has 0 aromatic heterocycles. The summed E-state index contributed by atoms with van der Waals surface area (Å²) < 4.78 is 44.0. The van der Waals surface area contributed by atoms with E-state index in [1.807, 2.05) is 30.3 Å². The van der Waals surface area contributed by atoms with Crippen molar-refractivity contribution in [3.05, 3.63) is 65.7 Å². The fourth-order valence-electron chi connectivity index (χ4n) is 3.33. The van der Waals surface area contributed by atoms with Crippen LogP contribution in [0, 0.1) is 5.92 Å². The Bertz CT molecular complexity index is 780. The molecule has 2 N–H and O–H groups in total. The van der Waals surface area contributed by atoms with Crippen LogP contribution in [0.25, 0.3) is 0 Å². The molecule has 0 aliphatic carbocycles. The van der Waals surface area contributed by atoms with Gasteiger partial charge in [0.05, 0.1) is 12.5 Å². The lowest BCUT2D eigenvalue weighted by Gasteiger charge is -2.39. The minimum absolute atomic E-state index is 0.0969. The van der Waals surface area contributed by atoms with Gasteiger partial charge in [-0.2, -0.15) is 13.2 Å². The number of hydrogen-bond acceptors (Lipinski definition) is 3. The first kappa shape index (κ1) is 19.1. The van der Waals surface area contributed by atoms with Crippen LogP contribution in [-0.4, -0.2) is 18.3 Å². The zero-order chi connectivity index (χ0) is 19.4. The summed E-state index contributed by atoms with van der Waals surface area (Å²) in [4.78, 5) is 12.3. The number of benzene rings is 2. The van der Waals surface area contributed by atoms with Crippen LogP contribution < -0.4 is 10.6 Å². The molecular weight excluding hydrogens is 357 g/mol. The lowest BCUT2D eigenvalue weighted by atomic mass is 9.82. The second-order valence-electron chi connectivity index (χ2n) is 6.70. The lowest BCUT2D eigenvalue weighted by Crippen LogP contribution is -2.45. The van der Waals surface area contributed by atoms with E-state index in [0.717, 1.165) is 11.1 Å². The number of nitrogens with one attached hydrogen (secondary N) is 2. The summed E-state index contributed by atoms with van der Waals surface area (Å²) in [6, 6.07) is 14.8. The molecule has 27 heavy (non-hydrogen) atoms. The van der Waals surface area contributed by atoms with Gasteiger partial charge in [0.2, 0.25) is 0 Å². The highest BCUT2D eigenvalue weighted by molar-refractivity contribution is 5.69. The van der Waals surface area contributed by atoms with Crippen LogP contribution in [0.4, 0.5) is 23.7 Å². The third-order valence-electron chi connectivity index (χ3n) is 4.73. The zero-order valence-electron chi connectivity index (χ0n) is 14.8. The average Bonchev–Trinajstić information content (AvgIpc) is 2.63. The number of alkyl carbamates (subject to hydrolysis) is 1. The maximum absolute atomic E-state index is 12.9. The van der Waals surface area contributed by atoms with Crippen LogP contribution in [0.2, 0.25) is 0 Å². The van der Waals surface area contributed by atoms with E-state index in [2.05, 4.69) is 10.6 Å². The molecule has 1 amide bonds. The fourth-order valence-corrected chi connectivity index (χ4v) is 3.33. The standard InChI is InChI=1S/C20H21F3N2O2/c1-13-17(11-20(21,22)23)24-16-10-6-5-9-15(16)18(13)25-19(26)27-12-14-7-3-2-4-8-14/h2-10,13,17-18,24H,11-12H2,1H3,(H,25,26)/t13-,17?,18?/m0/s1. The van der Waals surface area contributed by atoms with Gasteiger partial charge in [-0.3, -0.25) is 0 Å². The van der Waals surface area contributed by atoms with Gasteiger partial charge in [0.1, 0.15) is 6.61 Å². The number of ether oxygens (including phenoxy) is 1. The molecule has 2 unspecified atom stereocenters. The molecule has 3 atom stereocenters. The molecule has 2 aromatic carbocycles. The molecule has 1 heterocycles. The number of rotatable bonds is 4. The van der Waals surface area contributed by atoms with Gasteiger partial charge in [0.25, 0.3) is 0 Å². The first-order valence-electron chi connectivity index (χ1n) is 8.73. The van der Waals surface area contributed by atoms with Crippen molar-refractivity contribution in [3.8, 4) is 0 Å². The van der Waals surface area contributed by atoms with Gasteiger partial charge in [-0.05, 0) is 17.2 Å². The Balaban J connectivity index is 1.72. The number of carbonyl (C=O) groups excluding carboxylic acids is 1. The first-order valence-corrected chi connectivity index (χ1v) is 8.73. The molecule has 0 radical (unpaired) electrons. The normalized spacial score (nSPS) is 21.7. The third kappa shape index (κ3) is 4.93. The monoisotopic (exact) mass is 378 g/mol. The molecule has 0 saturated carbocycles. The van der Waals surface area contributed by atoms with E-state index in [0.29, 0.717) is 5.69 Å². The van der Waals surface area contributed by atoms with E-state index < -0.39 is 36.7 Å². The van der Waals surface area contributed by atoms with Gasteiger partial charge in [0.15, 0.2) is 0 Å². The van der Waals surface area contributed by atoms with Gasteiger partial charge in [0, 0.05) is 17.6 Å². The smallest absolute Gasteiger partial charge is 0.407 e. The van der Waals surface area contributed by atoms with E-state index in [-0.39, 0.29) is 6.61 Å². The molecule has 3 rings (SSSR count). The summed E-state index contributed by atoms with van der Waals surface area (Å²) in [5, 5.41) is 5.69. The molecule has 2 aromatic rings. The summed E-state index contributed by atoms with van der Waals surface area (Å²) in [7, 11) is 0. The predicted molar refractivity (Wildman–Crippen MR) is 96.2 cm³/mol. The highest BCUT2D eigenvalue weighted by atomic mass is 19.4. The largest absolute Gasteiger partial charge is 0.445 e. The van der Waals surface area contributed by atoms with E-state index >= 15 is 0 Å². The Labute approximate surface area is 155 Å². The van der Waals surface area contributed by atoms with Gasteiger partial charge in [-0.15, -0.1) is 0 Å². The maximum atomic E-state index is 12.9. The number of hydrogen-bond donors (Lipinski definition) is 2. The van der Waals surface area contributed by atoms with Gasteiger partial charge in [-0.25, -0.2) is 4.79 Å². The quantitative estimate of drug-likeness (QED) is 0.784. The number of para-hydroxylation sites is 1. The molecule has 0 saturated heterocycles. The number of amides is 1. The number of fused-ring (bicyclic) bond motifs is 1. The molecule has 4 nitrogen and oxygen atoms in total. The van der Waals surface area contributed by atoms with Gasteiger partial charge < -0.3 is 15.4 Å². The van der Waals surface area contributed by atoms with Gasteiger partial charge in [-0.1, -0.05) is 55.5 Å². The zero-order valence-corrected chi connectivity index (χ0v) is 14.8. The molecule has 0 spiro atoms. The minimum atomic E-state index is -4.30. The fraction of sp³-hybridized carbons (Fsp3) is 0.350. The Morgan fingerprint density at radius 1 is 1.11 bits per heavy atom. The Kier molecular flexibility index (Phi) is 5.58. The highest BCUT2D eigenvalue weighted by Crippen LogP contribution is 2.40. The summed E-state index contributed by atoms with van der Waals surface area (Å²) in [6.45, 7) is 1.79. The third-order valence-corrected chi connectivity index (χ3v) is 4.73. The van der Waals surface area contributed by atoms with E-state index in [1.165, 1.54) is 0 Å². The van der Waals surface area contributed by atoms with E-state index in [4.69, 9.17) is 4.74 Å². The molecular formula is C20H21F3N2O2. The van der Waals surface area contributed by atoms with E-state index in [9.17, 15) is 18.0 Å². The number of anilines is 1. The number of alkyl halides is 3. The second-order valence-corrected chi connectivity index (χ2v) is 6.70. The maximum Gasteiger partial charge on any atom is 0.407 e. The van der Waals surface area contributed by atoms with Crippen LogP contribution in [0.5, 0.6) is 0 Å². The molecule has 7 heteroatoms. The molecule has 1 aliphatic heterocycles. The van der Waals surface area contributed by atoms with Crippen molar-refractivity contribution in [1.29, 1.82) is 0 Å². The minimum Gasteiger partial charge on any atom is -0.445 e. The van der Waals surface area contributed by atoms with Crippen molar-refractivity contribution in [3.63, 3.8) is 0 Å². The SMILES string of the molecule is C[C@H]1C(CC(F)(F)F)Nc2ccccc2C1NC(=O)OCc1ccccc1. The highest BCUT2D eigenvalue weighted by Gasteiger charge is 2.41. The van der Waals surface area contributed by atoms with E-state index in [1.54, 1.807) is 31.2 Å². The summed E-state index contributed by atoms with van der Waals surface area (Å²) in [5.74, 6) is -0.467. The Morgan fingerprint density at radius 3 is 2.48 bits per heavy atom. The molecule has 0 fully saturated rings. The Hall–Kier alpha value is -2.70.